The van der Waals surface area contributed by atoms with Gasteiger partial charge in [0.2, 0.25) is 5.78 Å². The van der Waals surface area contributed by atoms with Crippen LogP contribution in [0.2, 0.25) is 10.0 Å². The Balaban J connectivity index is 2.20. The third-order valence-corrected chi connectivity index (χ3v) is 3.63. The van der Waals surface area contributed by atoms with Crippen molar-refractivity contribution in [2.45, 2.75) is 0 Å². The Morgan fingerprint density at radius 3 is 2.65 bits per heavy atom. The van der Waals surface area contributed by atoms with Gasteiger partial charge < -0.3 is 0 Å². The molecule has 1 heterocycles. The van der Waals surface area contributed by atoms with Gasteiger partial charge in [0.1, 0.15) is 5.69 Å². The summed E-state index contributed by atoms with van der Waals surface area (Å²) in [6, 6.07) is 14.3. The quantitative estimate of drug-likeness (QED) is 0.638. The molecule has 20 heavy (non-hydrogen) atoms. The largest absolute Gasteiger partial charge is 0.287 e. The molecule has 2 aromatic carbocycles. The molecule has 0 bridgehead atoms. The van der Waals surface area contributed by atoms with Gasteiger partial charge in [0.25, 0.3) is 0 Å². The number of aromatic nitrogens is 1. The summed E-state index contributed by atoms with van der Waals surface area (Å²) in [5.41, 5.74) is 0.746. The molecule has 0 radical (unpaired) electrons. The molecule has 0 aliphatic heterocycles. The second-order valence-corrected chi connectivity index (χ2v) is 5.18. The van der Waals surface area contributed by atoms with Gasteiger partial charge in [-0.2, -0.15) is 0 Å². The SMILES string of the molecule is O=C(c1cc(Cl)ccc1Cl)c1nccc2ccccc12. The van der Waals surface area contributed by atoms with E-state index in [2.05, 4.69) is 4.98 Å². The lowest BCUT2D eigenvalue weighted by Gasteiger charge is -2.06. The van der Waals surface area contributed by atoms with E-state index in [-0.39, 0.29) is 5.78 Å². The highest BCUT2D eigenvalue weighted by molar-refractivity contribution is 6.37. The molecule has 0 amide bonds. The molecule has 2 nitrogen and oxygen atoms in total. The zero-order valence-electron chi connectivity index (χ0n) is 10.3. The van der Waals surface area contributed by atoms with E-state index in [0.717, 1.165) is 10.8 Å². The normalized spacial score (nSPS) is 10.7. The van der Waals surface area contributed by atoms with Crippen LogP contribution in [-0.4, -0.2) is 10.8 Å². The molecule has 3 rings (SSSR count). The van der Waals surface area contributed by atoms with Gasteiger partial charge in [-0.1, -0.05) is 47.5 Å². The van der Waals surface area contributed by atoms with Crippen molar-refractivity contribution in [1.29, 1.82) is 0 Å². The summed E-state index contributed by atoms with van der Waals surface area (Å²) in [5, 5.41) is 2.60. The van der Waals surface area contributed by atoms with Crippen LogP contribution in [0, 0.1) is 0 Å². The fraction of sp³-hybridized carbons (Fsp3) is 0. The number of hydrogen-bond acceptors (Lipinski definition) is 2. The highest BCUT2D eigenvalue weighted by Gasteiger charge is 2.17. The van der Waals surface area contributed by atoms with E-state index in [9.17, 15) is 4.79 Å². The van der Waals surface area contributed by atoms with Gasteiger partial charge in [0.05, 0.1) is 5.02 Å². The molecule has 0 saturated carbocycles. The van der Waals surface area contributed by atoms with Gasteiger partial charge in [0.15, 0.2) is 0 Å². The van der Waals surface area contributed by atoms with Crippen molar-refractivity contribution < 1.29 is 4.79 Å². The lowest BCUT2D eigenvalue weighted by molar-refractivity contribution is 0.103. The maximum absolute atomic E-state index is 12.6. The van der Waals surface area contributed by atoms with Gasteiger partial charge in [-0.15, -0.1) is 0 Å². The van der Waals surface area contributed by atoms with Crippen LogP contribution in [-0.2, 0) is 0 Å². The van der Waals surface area contributed by atoms with E-state index in [1.54, 1.807) is 24.4 Å². The Morgan fingerprint density at radius 2 is 1.80 bits per heavy atom. The molecule has 0 aliphatic carbocycles. The third kappa shape index (κ3) is 2.28. The number of carbonyl (C=O) groups excluding carboxylic acids is 1. The maximum Gasteiger partial charge on any atom is 0.213 e. The minimum Gasteiger partial charge on any atom is -0.287 e. The molecule has 0 unspecified atom stereocenters. The smallest absolute Gasteiger partial charge is 0.213 e. The predicted molar refractivity (Wildman–Crippen MR) is 81.6 cm³/mol. The van der Waals surface area contributed by atoms with Crippen LogP contribution >= 0.6 is 23.2 Å². The van der Waals surface area contributed by atoms with Crippen LogP contribution in [0.25, 0.3) is 10.8 Å². The van der Waals surface area contributed by atoms with Gasteiger partial charge >= 0.3 is 0 Å². The Morgan fingerprint density at radius 1 is 1.00 bits per heavy atom. The summed E-state index contributed by atoms with van der Waals surface area (Å²) in [4.78, 5) is 16.8. The number of halogens is 2. The van der Waals surface area contributed by atoms with Crippen molar-refractivity contribution in [3.8, 4) is 0 Å². The van der Waals surface area contributed by atoms with Crippen molar-refractivity contribution in [3.05, 3.63) is 76.0 Å². The highest BCUT2D eigenvalue weighted by atomic mass is 35.5. The summed E-state index contributed by atoms with van der Waals surface area (Å²) in [5.74, 6) is -0.227. The number of hydrogen-bond donors (Lipinski definition) is 0. The zero-order valence-corrected chi connectivity index (χ0v) is 11.8. The van der Waals surface area contributed by atoms with Crippen LogP contribution in [0.15, 0.2) is 54.7 Å². The summed E-state index contributed by atoms with van der Waals surface area (Å²) in [6.07, 6.45) is 1.62. The molecule has 98 valence electrons. The molecule has 0 fully saturated rings. The van der Waals surface area contributed by atoms with Crippen molar-refractivity contribution >= 4 is 39.8 Å². The molecule has 3 aromatic rings. The number of ketones is 1. The van der Waals surface area contributed by atoms with Crippen LogP contribution < -0.4 is 0 Å². The zero-order chi connectivity index (χ0) is 14.1. The van der Waals surface area contributed by atoms with Crippen LogP contribution in [0.5, 0.6) is 0 Å². The molecular weight excluding hydrogens is 293 g/mol. The van der Waals surface area contributed by atoms with Crippen LogP contribution in [0.1, 0.15) is 16.1 Å². The van der Waals surface area contributed by atoms with Gasteiger partial charge in [0, 0.05) is 22.2 Å². The lowest BCUT2D eigenvalue weighted by Crippen LogP contribution is -2.05. The van der Waals surface area contributed by atoms with Gasteiger partial charge in [-0.05, 0) is 29.7 Å². The molecule has 0 N–H and O–H groups in total. The Bertz CT molecular complexity index is 809. The van der Waals surface area contributed by atoms with Crippen molar-refractivity contribution in [2.24, 2.45) is 0 Å². The van der Waals surface area contributed by atoms with E-state index < -0.39 is 0 Å². The summed E-state index contributed by atoms with van der Waals surface area (Å²) in [6.45, 7) is 0. The first-order chi connectivity index (χ1) is 9.66. The average Bonchev–Trinajstić information content (AvgIpc) is 2.48. The van der Waals surface area contributed by atoms with Crippen LogP contribution in [0.4, 0.5) is 0 Å². The molecule has 0 aliphatic rings. The van der Waals surface area contributed by atoms with E-state index in [1.165, 1.54) is 0 Å². The first-order valence-corrected chi connectivity index (χ1v) is 6.76. The minimum atomic E-state index is -0.227. The van der Waals surface area contributed by atoms with Gasteiger partial charge in [-0.3, -0.25) is 9.78 Å². The molecular formula is C16H9Cl2NO. The van der Waals surface area contributed by atoms with E-state index >= 15 is 0 Å². The Labute approximate surface area is 126 Å². The molecule has 1 aromatic heterocycles. The summed E-state index contributed by atoms with van der Waals surface area (Å²) >= 11 is 12.0. The number of pyridine rings is 1. The highest BCUT2D eigenvalue weighted by Crippen LogP contribution is 2.25. The second-order valence-electron chi connectivity index (χ2n) is 4.33. The predicted octanol–water partition coefficient (Wildman–Crippen LogP) is 4.77. The molecule has 0 saturated heterocycles. The fourth-order valence-electron chi connectivity index (χ4n) is 2.10. The lowest BCUT2D eigenvalue weighted by atomic mass is 10.0. The average molecular weight is 302 g/mol. The number of benzene rings is 2. The van der Waals surface area contributed by atoms with Crippen molar-refractivity contribution in [2.75, 3.05) is 0 Å². The van der Waals surface area contributed by atoms with Crippen molar-refractivity contribution in [3.63, 3.8) is 0 Å². The fourth-order valence-corrected chi connectivity index (χ4v) is 2.48. The summed E-state index contributed by atoms with van der Waals surface area (Å²) < 4.78 is 0. The number of carbonyl (C=O) groups is 1. The second kappa shape index (κ2) is 5.23. The van der Waals surface area contributed by atoms with E-state index in [1.807, 2.05) is 30.3 Å². The summed E-state index contributed by atoms with van der Waals surface area (Å²) in [7, 11) is 0. The monoisotopic (exact) mass is 301 g/mol. The first-order valence-electron chi connectivity index (χ1n) is 6.00. The number of fused-ring (bicyclic) bond motifs is 1. The Hall–Kier alpha value is -1.90. The molecule has 0 atom stereocenters. The van der Waals surface area contributed by atoms with E-state index in [0.29, 0.717) is 21.3 Å². The third-order valence-electron chi connectivity index (χ3n) is 3.06. The van der Waals surface area contributed by atoms with Crippen LogP contribution in [0.3, 0.4) is 0 Å². The number of nitrogens with zero attached hydrogens (tertiary/aromatic N) is 1. The number of rotatable bonds is 2. The molecule has 0 spiro atoms. The van der Waals surface area contributed by atoms with Gasteiger partial charge in [-0.25, -0.2) is 0 Å². The van der Waals surface area contributed by atoms with Crippen molar-refractivity contribution in [1.82, 2.24) is 4.98 Å². The topological polar surface area (TPSA) is 30.0 Å². The van der Waals surface area contributed by atoms with E-state index in [4.69, 9.17) is 23.2 Å². The Kier molecular flexibility index (Phi) is 3.43. The standard InChI is InChI=1S/C16H9Cl2NO/c17-11-5-6-14(18)13(9-11)16(20)15-12-4-2-1-3-10(12)7-8-19-15/h1-9H. The maximum atomic E-state index is 12.6. The minimum absolute atomic E-state index is 0.227. The molecule has 4 heteroatoms. The first kappa shape index (κ1) is 13.1.